The fraction of sp³-hybridized carbons (Fsp3) is 0.231. The van der Waals surface area contributed by atoms with Crippen LogP contribution in [0.2, 0.25) is 0 Å². The molecule has 1 aromatic carbocycles. The van der Waals surface area contributed by atoms with E-state index in [9.17, 15) is 13.2 Å². The summed E-state index contributed by atoms with van der Waals surface area (Å²) in [6.07, 6.45) is 1.82. The van der Waals surface area contributed by atoms with Crippen molar-refractivity contribution in [3.8, 4) is 0 Å². The van der Waals surface area contributed by atoms with E-state index in [1.54, 1.807) is 13.0 Å². The van der Waals surface area contributed by atoms with Crippen LogP contribution in [0.1, 0.15) is 21.7 Å². The van der Waals surface area contributed by atoms with Crippen molar-refractivity contribution in [3.63, 3.8) is 0 Å². The standard InChI is InChI=1S/C13H13N3O4S/c1-8-14-7-12(15-8)21(19,20)16-5-4-9-2-3-10(13(17)18)6-11(9)16/h2-3,6-7H,4-5H2,1H3,(H,14,15)(H,17,18). The summed E-state index contributed by atoms with van der Waals surface area (Å²) >= 11 is 0. The Balaban J connectivity index is 2.08. The first-order valence-corrected chi connectivity index (χ1v) is 7.74. The van der Waals surface area contributed by atoms with Crippen molar-refractivity contribution < 1.29 is 18.3 Å². The normalized spacial score (nSPS) is 14.2. The van der Waals surface area contributed by atoms with Gasteiger partial charge in [-0.05, 0) is 31.0 Å². The zero-order valence-electron chi connectivity index (χ0n) is 11.2. The van der Waals surface area contributed by atoms with E-state index in [-0.39, 0.29) is 10.6 Å². The summed E-state index contributed by atoms with van der Waals surface area (Å²) in [5.74, 6) is -0.577. The number of aryl methyl sites for hydroxylation is 1. The minimum atomic E-state index is -3.75. The average molecular weight is 307 g/mol. The van der Waals surface area contributed by atoms with Gasteiger partial charge < -0.3 is 10.1 Å². The Morgan fingerprint density at radius 1 is 1.43 bits per heavy atom. The second-order valence-electron chi connectivity index (χ2n) is 4.81. The third kappa shape index (κ3) is 2.17. The highest BCUT2D eigenvalue weighted by molar-refractivity contribution is 7.92. The molecule has 2 N–H and O–H groups in total. The van der Waals surface area contributed by atoms with Crippen molar-refractivity contribution in [2.75, 3.05) is 10.8 Å². The Labute approximate surface area is 121 Å². The molecule has 0 saturated carbocycles. The van der Waals surface area contributed by atoms with Gasteiger partial charge in [0.1, 0.15) is 5.82 Å². The van der Waals surface area contributed by atoms with Crippen molar-refractivity contribution in [1.29, 1.82) is 0 Å². The Morgan fingerprint density at radius 3 is 2.81 bits per heavy atom. The highest BCUT2D eigenvalue weighted by atomic mass is 32.2. The van der Waals surface area contributed by atoms with Gasteiger partial charge in [-0.15, -0.1) is 0 Å². The molecule has 1 aromatic heterocycles. The molecule has 3 rings (SSSR count). The van der Waals surface area contributed by atoms with Crippen LogP contribution in [-0.2, 0) is 16.4 Å². The molecule has 0 bridgehead atoms. The number of aromatic nitrogens is 2. The number of carboxylic acid groups (broad SMARTS) is 1. The maximum Gasteiger partial charge on any atom is 0.335 e. The van der Waals surface area contributed by atoms with Gasteiger partial charge in [-0.25, -0.2) is 9.78 Å². The summed E-state index contributed by atoms with van der Waals surface area (Å²) in [5, 5.41) is 9.05. The molecule has 2 aromatic rings. The van der Waals surface area contributed by atoms with Crippen LogP contribution >= 0.6 is 0 Å². The Morgan fingerprint density at radius 2 is 2.19 bits per heavy atom. The third-order valence-electron chi connectivity index (χ3n) is 3.43. The van der Waals surface area contributed by atoms with Gasteiger partial charge in [0.2, 0.25) is 0 Å². The smallest absolute Gasteiger partial charge is 0.335 e. The number of imidazole rings is 1. The number of benzene rings is 1. The number of fused-ring (bicyclic) bond motifs is 1. The van der Waals surface area contributed by atoms with Gasteiger partial charge in [-0.2, -0.15) is 8.42 Å². The SMILES string of the molecule is Cc1ncc(S(=O)(=O)N2CCc3ccc(C(=O)O)cc32)[nH]1. The zero-order valence-corrected chi connectivity index (χ0v) is 12.0. The van der Waals surface area contributed by atoms with E-state index in [0.29, 0.717) is 24.5 Å². The number of aromatic amines is 1. The summed E-state index contributed by atoms with van der Waals surface area (Å²) in [6, 6.07) is 4.54. The molecule has 1 aliphatic heterocycles. The molecular formula is C13H13N3O4S. The first-order chi connectivity index (χ1) is 9.89. The van der Waals surface area contributed by atoms with Crippen LogP contribution in [0.3, 0.4) is 0 Å². The van der Waals surface area contributed by atoms with Gasteiger partial charge in [0.25, 0.3) is 10.0 Å². The monoisotopic (exact) mass is 307 g/mol. The first-order valence-electron chi connectivity index (χ1n) is 6.30. The number of nitrogens with zero attached hydrogens (tertiary/aromatic N) is 2. The van der Waals surface area contributed by atoms with Gasteiger partial charge in [0.15, 0.2) is 5.03 Å². The second-order valence-corrected chi connectivity index (χ2v) is 6.64. The number of anilines is 1. The number of H-pyrrole nitrogens is 1. The molecule has 0 radical (unpaired) electrons. The summed E-state index contributed by atoms with van der Waals surface area (Å²) in [4.78, 5) is 17.7. The van der Waals surface area contributed by atoms with E-state index >= 15 is 0 Å². The number of nitrogens with one attached hydrogen (secondary N) is 1. The van der Waals surface area contributed by atoms with E-state index in [1.807, 2.05) is 0 Å². The van der Waals surface area contributed by atoms with E-state index in [4.69, 9.17) is 5.11 Å². The van der Waals surface area contributed by atoms with Crippen LogP contribution < -0.4 is 4.31 Å². The van der Waals surface area contributed by atoms with Gasteiger partial charge in [0.05, 0.1) is 17.4 Å². The van der Waals surface area contributed by atoms with Crippen molar-refractivity contribution in [2.24, 2.45) is 0 Å². The van der Waals surface area contributed by atoms with E-state index < -0.39 is 16.0 Å². The fourth-order valence-corrected chi connectivity index (χ4v) is 3.84. The molecule has 0 amide bonds. The second kappa shape index (κ2) is 4.59. The average Bonchev–Trinajstić information content (AvgIpc) is 3.04. The molecule has 0 atom stereocenters. The molecular weight excluding hydrogens is 294 g/mol. The van der Waals surface area contributed by atoms with Crippen LogP contribution in [0.5, 0.6) is 0 Å². The maximum atomic E-state index is 12.6. The lowest BCUT2D eigenvalue weighted by Gasteiger charge is -2.18. The zero-order chi connectivity index (χ0) is 15.2. The van der Waals surface area contributed by atoms with E-state index in [2.05, 4.69) is 9.97 Å². The molecule has 0 saturated heterocycles. The van der Waals surface area contributed by atoms with Crippen LogP contribution in [0, 0.1) is 6.92 Å². The minimum Gasteiger partial charge on any atom is -0.478 e. The summed E-state index contributed by atoms with van der Waals surface area (Å²) in [6.45, 7) is 1.96. The summed E-state index contributed by atoms with van der Waals surface area (Å²) in [5.41, 5.74) is 1.30. The molecule has 0 spiro atoms. The number of hydrogen-bond donors (Lipinski definition) is 2. The van der Waals surface area contributed by atoms with Gasteiger partial charge in [0, 0.05) is 6.54 Å². The predicted molar refractivity (Wildman–Crippen MR) is 75.0 cm³/mol. The molecule has 2 heterocycles. The topological polar surface area (TPSA) is 103 Å². The van der Waals surface area contributed by atoms with E-state index in [1.165, 1.54) is 22.6 Å². The largest absolute Gasteiger partial charge is 0.478 e. The Bertz CT molecular complexity index is 826. The molecule has 0 unspecified atom stereocenters. The van der Waals surface area contributed by atoms with Crippen LogP contribution in [0.4, 0.5) is 5.69 Å². The van der Waals surface area contributed by atoms with Crippen molar-refractivity contribution in [2.45, 2.75) is 18.4 Å². The maximum absolute atomic E-state index is 12.6. The molecule has 110 valence electrons. The molecule has 1 aliphatic rings. The number of rotatable bonds is 3. The number of aromatic carboxylic acids is 1. The van der Waals surface area contributed by atoms with Gasteiger partial charge in [-0.1, -0.05) is 6.07 Å². The molecule has 7 nitrogen and oxygen atoms in total. The number of carboxylic acids is 1. The highest BCUT2D eigenvalue weighted by Gasteiger charge is 2.32. The van der Waals surface area contributed by atoms with Crippen molar-refractivity contribution >= 4 is 21.7 Å². The minimum absolute atomic E-state index is 0.00794. The molecule has 8 heteroatoms. The Kier molecular flexibility index (Phi) is 2.98. The quantitative estimate of drug-likeness (QED) is 0.886. The van der Waals surface area contributed by atoms with E-state index in [0.717, 1.165) is 5.56 Å². The molecule has 0 aliphatic carbocycles. The van der Waals surface area contributed by atoms with Crippen molar-refractivity contribution in [3.05, 3.63) is 41.3 Å². The van der Waals surface area contributed by atoms with Gasteiger partial charge in [-0.3, -0.25) is 4.31 Å². The van der Waals surface area contributed by atoms with Crippen LogP contribution in [0.15, 0.2) is 29.4 Å². The molecule has 0 fully saturated rings. The van der Waals surface area contributed by atoms with Crippen LogP contribution in [0.25, 0.3) is 0 Å². The Hall–Kier alpha value is -2.35. The first kappa shape index (κ1) is 13.6. The fourth-order valence-electron chi connectivity index (χ4n) is 2.38. The highest BCUT2D eigenvalue weighted by Crippen LogP contribution is 2.33. The lowest BCUT2D eigenvalue weighted by molar-refractivity contribution is 0.0697. The lowest BCUT2D eigenvalue weighted by Crippen LogP contribution is -2.29. The van der Waals surface area contributed by atoms with Crippen LogP contribution in [-0.4, -0.2) is 36.0 Å². The summed E-state index contributed by atoms with van der Waals surface area (Å²) < 4.78 is 26.4. The molecule has 21 heavy (non-hydrogen) atoms. The third-order valence-corrected chi connectivity index (χ3v) is 5.16. The predicted octanol–water partition coefficient (Wildman–Crippen LogP) is 1.17. The van der Waals surface area contributed by atoms with Gasteiger partial charge >= 0.3 is 5.97 Å². The number of hydrogen-bond acceptors (Lipinski definition) is 4. The number of carbonyl (C=O) groups is 1. The number of sulfonamides is 1. The lowest BCUT2D eigenvalue weighted by atomic mass is 10.1. The van der Waals surface area contributed by atoms with Crippen molar-refractivity contribution in [1.82, 2.24) is 9.97 Å². The summed E-state index contributed by atoms with van der Waals surface area (Å²) in [7, 11) is -3.75.